The fraction of sp³-hybridized carbons (Fsp3) is 0.810. The third kappa shape index (κ3) is 51.9. The van der Waals surface area contributed by atoms with Crippen molar-refractivity contribution in [2.75, 3.05) is 40.9 Å². The molecule has 0 spiro atoms. The largest absolute Gasteiger partial charge is 0.756 e. The first-order chi connectivity index (χ1) is 32.5. The standard InChI is InChI=1S/C58H109N2O6P/c1-6-8-10-12-14-16-18-20-22-24-26-28-30-32-34-36-38-40-42-44-46-48-50-52-58(62)59-56(55-66-67(63,64)65-54-53-60(3,4)5)57(61)51-49-47-45-43-41-39-37-35-33-31-29-27-25-23-21-19-17-15-13-11-9-7-2/h18,20,24,26,30,32,41,43,49,51,56-57,61H,6-17,19,21-23,25,27-29,31,33-40,42,44-48,50,52-55H2,1-5H3,(H-,59,62,63,64)/b20-18-,26-24-,32-30-,43-41+,51-49+. The van der Waals surface area contributed by atoms with Crippen molar-refractivity contribution >= 4 is 13.7 Å². The zero-order valence-corrected chi connectivity index (χ0v) is 45.5. The van der Waals surface area contributed by atoms with Gasteiger partial charge in [0.15, 0.2) is 0 Å². The minimum Gasteiger partial charge on any atom is -0.756 e. The van der Waals surface area contributed by atoms with Crippen LogP contribution in [0.25, 0.3) is 0 Å². The van der Waals surface area contributed by atoms with Crippen molar-refractivity contribution in [3.05, 3.63) is 60.8 Å². The van der Waals surface area contributed by atoms with Gasteiger partial charge in [-0.2, -0.15) is 0 Å². The summed E-state index contributed by atoms with van der Waals surface area (Å²) in [6, 6.07) is -0.910. The van der Waals surface area contributed by atoms with E-state index >= 15 is 0 Å². The molecular formula is C58H109N2O6P. The summed E-state index contributed by atoms with van der Waals surface area (Å²) in [7, 11) is 1.24. The van der Waals surface area contributed by atoms with Gasteiger partial charge in [0.25, 0.3) is 7.82 Å². The first kappa shape index (κ1) is 65.2. The molecule has 0 rings (SSSR count). The van der Waals surface area contributed by atoms with Crippen molar-refractivity contribution in [3.63, 3.8) is 0 Å². The normalized spacial score (nSPS) is 14.4. The van der Waals surface area contributed by atoms with E-state index in [0.29, 0.717) is 17.4 Å². The van der Waals surface area contributed by atoms with Crippen LogP contribution < -0.4 is 10.2 Å². The Bertz CT molecular complexity index is 1270. The van der Waals surface area contributed by atoms with Gasteiger partial charge in [-0.1, -0.05) is 235 Å². The molecule has 392 valence electrons. The number of likely N-dealkylation sites (N-methyl/N-ethyl adjacent to an activating group) is 1. The summed E-state index contributed by atoms with van der Waals surface area (Å²) in [5.41, 5.74) is 0. The Morgan fingerprint density at radius 2 is 0.881 bits per heavy atom. The number of aliphatic hydroxyl groups excluding tert-OH is 1. The lowest BCUT2D eigenvalue weighted by atomic mass is 10.0. The van der Waals surface area contributed by atoms with Crippen LogP contribution in [0.2, 0.25) is 0 Å². The van der Waals surface area contributed by atoms with Crippen molar-refractivity contribution in [2.45, 2.75) is 264 Å². The maximum absolute atomic E-state index is 12.9. The number of carbonyl (C=O) groups is 1. The molecule has 9 heteroatoms. The molecule has 3 unspecified atom stereocenters. The van der Waals surface area contributed by atoms with E-state index in [1.807, 2.05) is 27.2 Å². The van der Waals surface area contributed by atoms with Crippen LogP contribution in [-0.4, -0.2) is 68.5 Å². The van der Waals surface area contributed by atoms with Crippen LogP contribution in [0.3, 0.4) is 0 Å². The number of rotatable bonds is 51. The van der Waals surface area contributed by atoms with E-state index in [2.05, 4.69) is 67.8 Å². The lowest BCUT2D eigenvalue weighted by molar-refractivity contribution is -0.870. The number of carbonyl (C=O) groups excluding carboxylic acids is 1. The number of aliphatic hydroxyl groups is 1. The molecule has 0 saturated heterocycles. The molecule has 0 radical (unpaired) electrons. The Labute approximate surface area is 415 Å². The van der Waals surface area contributed by atoms with E-state index in [1.165, 1.54) is 167 Å². The van der Waals surface area contributed by atoms with E-state index in [0.717, 1.165) is 64.2 Å². The van der Waals surface area contributed by atoms with Crippen LogP contribution in [0.4, 0.5) is 0 Å². The van der Waals surface area contributed by atoms with Crippen LogP contribution in [-0.2, 0) is 18.4 Å². The summed E-state index contributed by atoms with van der Waals surface area (Å²) in [5, 5.41) is 13.9. The number of nitrogens with one attached hydrogen (secondary N) is 1. The van der Waals surface area contributed by atoms with Crippen molar-refractivity contribution in [3.8, 4) is 0 Å². The van der Waals surface area contributed by atoms with Crippen molar-refractivity contribution in [1.29, 1.82) is 0 Å². The Morgan fingerprint density at radius 3 is 1.31 bits per heavy atom. The van der Waals surface area contributed by atoms with Crippen molar-refractivity contribution in [1.82, 2.24) is 5.32 Å². The van der Waals surface area contributed by atoms with Crippen LogP contribution in [0, 0.1) is 0 Å². The molecule has 0 bridgehead atoms. The van der Waals surface area contributed by atoms with E-state index in [9.17, 15) is 19.4 Å². The molecule has 0 aliphatic carbocycles. The zero-order chi connectivity index (χ0) is 49.2. The van der Waals surface area contributed by atoms with Gasteiger partial charge in [0, 0.05) is 6.42 Å². The third-order valence-electron chi connectivity index (χ3n) is 12.4. The number of hydrogen-bond donors (Lipinski definition) is 2. The second-order valence-electron chi connectivity index (χ2n) is 20.3. The Kier molecular flexibility index (Phi) is 47.9. The Hall–Kier alpha value is -1.80. The number of quaternary nitrogens is 1. The van der Waals surface area contributed by atoms with Gasteiger partial charge in [-0.25, -0.2) is 0 Å². The number of nitrogens with zero attached hydrogens (tertiary/aromatic N) is 1. The maximum Gasteiger partial charge on any atom is 0.268 e. The number of phosphoric ester groups is 1. The third-order valence-corrected chi connectivity index (χ3v) is 13.4. The van der Waals surface area contributed by atoms with Crippen molar-refractivity contribution < 1.29 is 32.9 Å². The number of amides is 1. The van der Waals surface area contributed by atoms with Crippen LogP contribution in [0.5, 0.6) is 0 Å². The minimum absolute atomic E-state index is 0.00983. The van der Waals surface area contributed by atoms with Crippen LogP contribution >= 0.6 is 7.82 Å². The summed E-state index contributed by atoms with van der Waals surface area (Å²) in [6.07, 6.45) is 65.8. The molecule has 0 aromatic heterocycles. The predicted molar refractivity (Wildman–Crippen MR) is 288 cm³/mol. The Morgan fingerprint density at radius 1 is 0.522 bits per heavy atom. The first-order valence-electron chi connectivity index (χ1n) is 28.2. The second-order valence-corrected chi connectivity index (χ2v) is 21.7. The molecule has 67 heavy (non-hydrogen) atoms. The topological polar surface area (TPSA) is 108 Å². The molecule has 1 amide bonds. The fourth-order valence-electron chi connectivity index (χ4n) is 8.00. The highest BCUT2D eigenvalue weighted by atomic mass is 31.2. The molecule has 2 N–H and O–H groups in total. The van der Waals surface area contributed by atoms with Gasteiger partial charge < -0.3 is 28.8 Å². The van der Waals surface area contributed by atoms with E-state index in [1.54, 1.807) is 6.08 Å². The molecule has 0 aliphatic heterocycles. The van der Waals surface area contributed by atoms with Gasteiger partial charge in [0.2, 0.25) is 5.91 Å². The average molecular weight is 961 g/mol. The number of unbranched alkanes of at least 4 members (excludes halogenated alkanes) is 30. The molecule has 3 atom stereocenters. The average Bonchev–Trinajstić information content (AvgIpc) is 3.29. The van der Waals surface area contributed by atoms with Gasteiger partial charge in [0.1, 0.15) is 13.2 Å². The van der Waals surface area contributed by atoms with Crippen LogP contribution in [0.15, 0.2) is 60.8 Å². The number of hydrogen-bond acceptors (Lipinski definition) is 6. The van der Waals surface area contributed by atoms with Gasteiger partial charge in [-0.05, 0) is 70.6 Å². The summed E-state index contributed by atoms with van der Waals surface area (Å²) < 4.78 is 23.3. The lowest BCUT2D eigenvalue weighted by Gasteiger charge is -2.29. The smallest absolute Gasteiger partial charge is 0.268 e. The molecule has 0 aromatic carbocycles. The molecule has 0 saturated carbocycles. The van der Waals surface area contributed by atoms with Crippen molar-refractivity contribution in [2.24, 2.45) is 0 Å². The molecule has 8 nitrogen and oxygen atoms in total. The Balaban J connectivity index is 4.32. The number of allylic oxidation sites excluding steroid dienone is 9. The molecular weight excluding hydrogens is 852 g/mol. The first-order valence-corrected chi connectivity index (χ1v) is 29.6. The minimum atomic E-state index is -4.61. The van der Waals surface area contributed by atoms with Crippen LogP contribution in [0.1, 0.15) is 251 Å². The monoisotopic (exact) mass is 961 g/mol. The molecule has 0 aromatic rings. The highest BCUT2D eigenvalue weighted by molar-refractivity contribution is 7.45. The van der Waals surface area contributed by atoms with Gasteiger partial charge in [0.05, 0.1) is 39.9 Å². The SMILES string of the molecule is CCCCCCC/C=C\C/C=C\C/C=C\CCCCCCCCCCC(=O)NC(COP(=O)([O-])OCC[N+](C)(C)C)C(O)/C=C/CC/C=C/CCCCCCCCCCCCCCCCCC. The van der Waals surface area contributed by atoms with Gasteiger partial charge >= 0.3 is 0 Å². The highest BCUT2D eigenvalue weighted by Gasteiger charge is 2.23. The molecule has 0 aliphatic rings. The summed E-state index contributed by atoms with van der Waals surface area (Å²) in [6.45, 7) is 4.63. The fourth-order valence-corrected chi connectivity index (χ4v) is 8.72. The van der Waals surface area contributed by atoms with Gasteiger partial charge in [-0.15, -0.1) is 0 Å². The maximum atomic E-state index is 12.9. The van der Waals surface area contributed by atoms with E-state index < -0.39 is 26.6 Å². The zero-order valence-electron chi connectivity index (χ0n) is 44.6. The number of phosphoric acid groups is 1. The van der Waals surface area contributed by atoms with E-state index in [-0.39, 0.29) is 12.5 Å². The summed E-state index contributed by atoms with van der Waals surface area (Å²) >= 11 is 0. The molecule has 0 fully saturated rings. The second kappa shape index (κ2) is 49.2. The quantitative estimate of drug-likeness (QED) is 0.0272. The lowest BCUT2D eigenvalue weighted by Crippen LogP contribution is -2.45. The predicted octanol–water partition coefficient (Wildman–Crippen LogP) is 16.3. The van der Waals surface area contributed by atoms with E-state index in [4.69, 9.17) is 9.05 Å². The highest BCUT2D eigenvalue weighted by Crippen LogP contribution is 2.38. The molecule has 0 heterocycles. The summed E-state index contributed by atoms with van der Waals surface area (Å²) in [5.74, 6) is -0.214. The summed E-state index contributed by atoms with van der Waals surface area (Å²) in [4.78, 5) is 25.5. The van der Waals surface area contributed by atoms with Gasteiger partial charge in [-0.3, -0.25) is 9.36 Å².